The topological polar surface area (TPSA) is 23.9 Å². The fraction of sp³-hybridized carbons (Fsp3) is 0.364. The summed E-state index contributed by atoms with van der Waals surface area (Å²) in [5, 5.41) is 7.56. The van der Waals surface area contributed by atoms with Gasteiger partial charge < -0.3 is 5.41 Å². The van der Waals surface area contributed by atoms with E-state index < -0.39 is 0 Å². The van der Waals surface area contributed by atoms with Crippen LogP contribution in [-0.2, 0) is 0 Å². The molecule has 0 fully saturated rings. The molecule has 0 aliphatic rings. The van der Waals surface area contributed by atoms with Gasteiger partial charge in [-0.1, -0.05) is 24.3 Å². The summed E-state index contributed by atoms with van der Waals surface area (Å²) in [5.41, 5.74) is 3.94. The first-order valence-electron chi connectivity index (χ1n) is 4.03. The van der Waals surface area contributed by atoms with Crippen molar-refractivity contribution in [2.45, 2.75) is 27.7 Å². The van der Waals surface area contributed by atoms with Gasteiger partial charge in [-0.25, -0.2) is 0 Å². The van der Waals surface area contributed by atoms with E-state index in [2.05, 4.69) is 6.58 Å². The highest BCUT2D eigenvalue weighted by molar-refractivity contribution is 6.00. The van der Waals surface area contributed by atoms with Gasteiger partial charge in [0, 0.05) is 5.71 Å². The molecule has 0 saturated heterocycles. The molecular formula is C11H17N. The second kappa shape index (κ2) is 4.70. The monoisotopic (exact) mass is 163 g/mol. The third kappa shape index (κ3) is 2.87. The minimum absolute atomic E-state index is 0.616. The molecule has 0 aromatic heterocycles. The SMILES string of the molecule is C=C/C=C(/C)C(C(C)=N)=C(C)C. The van der Waals surface area contributed by atoms with Gasteiger partial charge in [-0.3, -0.25) is 0 Å². The number of allylic oxidation sites excluding steroid dienone is 5. The van der Waals surface area contributed by atoms with Gasteiger partial charge in [-0.05, 0) is 38.8 Å². The van der Waals surface area contributed by atoms with Gasteiger partial charge in [-0.15, -0.1) is 0 Å². The first-order valence-corrected chi connectivity index (χ1v) is 4.03. The first-order chi connectivity index (χ1) is 5.50. The van der Waals surface area contributed by atoms with Crippen molar-refractivity contribution in [2.24, 2.45) is 0 Å². The van der Waals surface area contributed by atoms with Gasteiger partial charge in [-0.2, -0.15) is 0 Å². The molecule has 0 aromatic carbocycles. The molecule has 1 heteroatoms. The van der Waals surface area contributed by atoms with E-state index >= 15 is 0 Å². The van der Waals surface area contributed by atoms with Gasteiger partial charge >= 0.3 is 0 Å². The van der Waals surface area contributed by atoms with E-state index in [0.29, 0.717) is 5.71 Å². The molecule has 0 spiro atoms. The molecular weight excluding hydrogens is 146 g/mol. The highest BCUT2D eigenvalue weighted by atomic mass is 14.4. The van der Waals surface area contributed by atoms with E-state index in [9.17, 15) is 0 Å². The summed E-state index contributed by atoms with van der Waals surface area (Å²) in [6.07, 6.45) is 3.68. The molecule has 0 aromatic rings. The third-order valence-corrected chi connectivity index (χ3v) is 1.64. The summed E-state index contributed by atoms with van der Waals surface area (Å²) in [4.78, 5) is 0. The highest BCUT2D eigenvalue weighted by Crippen LogP contribution is 2.15. The predicted molar refractivity (Wildman–Crippen MR) is 55.7 cm³/mol. The maximum Gasteiger partial charge on any atom is 0.0357 e. The minimum Gasteiger partial charge on any atom is -0.305 e. The van der Waals surface area contributed by atoms with Crippen molar-refractivity contribution < 1.29 is 0 Å². The van der Waals surface area contributed by atoms with Gasteiger partial charge in [0.2, 0.25) is 0 Å². The molecule has 0 amide bonds. The highest BCUT2D eigenvalue weighted by Gasteiger charge is 2.03. The maximum atomic E-state index is 7.56. The van der Waals surface area contributed by atoms with E-state index in [0.717, 1.165) is 11.1 Å². The standard InChI is InChI=1S/C11H17N/c1-6-7-9(4)11(8(2)3)10(5)12/h6-7,12H,1H2,2-5H3/b9-7-,12-10?. The normalized spacial score (nSPS) is 10.8. The number of hydrogen-bond acceptors (Lipinski definition) is 1. The summed E-state index contributed by atoms with van der Waals surface area (Å²) in [5.74, 6) is 0. The summed E-state index contributed by atoms with van der Waals surface area (Å²) >= 11 is 0. The molecule has 0 rings (SSSR count). The smallest absolute Gasteiger partial charge is 0.0357 e. The molecule has 0 atom stereocenters. The van der Waals surface area contributed by atoms with Crippen molar-refractivity contribution in [2.75, 3.05) is 0 Å². The Balaban J connectivity index is 5.04. The Morgan fingerprint density at radius 1 is 1.17 bits per heavy atom. The van der Waals surface area contributed by atoms with E-state index in [1.807, 2.05) is 33.8 Å². The van der Waals surface area contributed by atoms with Crippen molar-refractivity contribution in [3.05, 3.63) is 35.5 Å². The van der Waals surface area contributed by atoms with Crippen molar-refractivity contribution in [3.8, 4) is 0 Å². The molecule has 66 valence electrons. The lowest BCUT2D eigenvalue weighted by Gasteiger charge is -2.07. The van der Waals surface area contributed by atoms with E-state index in [4.69, 9.17) is 5.41 Å². The van der Waals surface area contributed by atoms with Crippen molar-refractivity contribution >= 4 is 5.71 Å². The zero-order chi connectivity index (χ0) is 9.72. The largest absolute Gasteiger partial charge is 0.305 e. The summed E-state index contributed by atoms with van der Waals surface area (Å²) in [7, 11) is 0. The lowest BCUT2D eigenvalue weighted by atomic mass is 9.98. The summed E-state index contributed by atoms with van der Waals surface area (Å²) < 4.78 is 0. The van der Waals surface area contributed by atoms with Crippen LogP contribution in [0.4, 0.5) is 0 Å². The molecule has 0 bridgehead atoms. The van der Waals surface area contributed by atoms with Crippen LogP contribution in [-0.4, -0.2) is 5.71 Å². The number of rotatable bonds is 3. The molecule has 0 aliphatic carbocycles. The quantitative estimate of drug-likeness (QED) is 0.486. The summed E-state index contributed by atoms with van der Waals surface area (Å²) in [6.45, 7) is 11.5. The maximum absolute atomic E-state index is 7.56. The molecule has 0 unspecified atom stereocenters. The van der Waals surface area contributed by atoms with Gasteiger partial charge in [0.15, 0.2) is 0 Å². The molecule has 1 nitrogen and oxygen atoms in total. The Kier molecular flexibility index (Phi) is 4.27. The van der Waals surface area contributed by atoms with E-state index in [1.54, 1.807) is 6.08 Å². The van der Waals surface area contributed by atoms with Crippen LogP contribution in [0.1, 0.15) is 27.7 Å². The number of hydrogen-bond donors (Lipinski definition) is 1. The Morgan fingerprint density at radius 2 is 1.67 bits per heavy atom. The molecule has 12 heavy (non-hydrogen) atoms. The van der Waals surface area contributed by atoms with Crippen LogP contribution < -0.4 is 0 Å². The third-order valence-electron chi connectivity index (χ3n) is 1.64. The average molecular weight is 163 g/mol. The van der Waals surface area contributed by atoms with Crippen LogP contribution in [0.3, 0.4) is 0 Å². The zero-order valence-corrected chi connectivity index (χ0v) is 8.36. The second-order valence-electron chi connectivity index (χ2n) is 3.09. The van der Waals surface area contributed by atoms with Gasteiger partial charge in [0.05, 0.1) is 0 Å². The minimum atomic E-state index is 0.616. The lowest BCUT2D eigenvalue weighted by molar-refractivity contribution is 1.28. The first kappa shape index (κ1) is 10.9. The van der Waals surface area contributed by atoms with Crippen LogP contribution >= 0.6 is 0 Å². The predicted octanol–water partition coefficient (Wildman–Crippen LogP) is 3.49. The van der Waals surface area contributed by atoms with E-state index in [1.165, 1.54) is 5.57 Å². The Morgan fingerprint density at radius 3 is 1.92 bits per heavy atom. The molecule has 0 heterocycles. The second-order valence-corrected chi connectivity index (χ2v) is 3.09. The fourth-order valence-corrected chi connectivity index (χ4v) is 1.33. The molecule has 0 radical (unpaired) electrons. The Labute approximate surface area is 75.0 Å². The zero-order valence-electron chi connectivity index (χ0n) is 8.36. The van der Waals surface area contributed by atoms with Crippen LogP contribution in [0.15, 0.2) is 35.5 Å². The lowest BCUT2D eigenvalue weighted by Crippen LogP contribution is -1.99. The van der Waals surface area contributed by atoms with Crippen molar-refractivity contribution in [1.29, 1.82) is 5.41 Å². The molecule has 0 saturated carbocycles. The van der Waals surface area contributed by atoms with E-state index in [-0.39, 0.29) is 0 Å². The Hall–Kier alpha value is -1.11. The molecule has 1 N–H and O–H groups in total. The van der Waals surface area contributed by atoms with Crippen molar-refractivity contribution in [3.63, 3.8) is 0 Å². The fourth-order valence-electron chi connectivity index (χ4n) is 1.33. The van der Waals surface area contributed by atoms with Gasteiger partial charge in [0.1, 0.15) is 0 Å². The Bertz CT molecular complexity index is 250. The number of nitrogens with one attached hydrogen (secondary N) is 1. The molecule has 0 aliphatic heterocycles. The summed E-state index contributed by atoms with van der Waals surface area (Å²) in [6, 6.07) is 0. The average Bonchev–Trinajstić information content (AvgIpc) is 1.85. The van der Waals surface area contributed by atoms with Crippen LogP contribution in [0.5, 0.6) is 0 Å². The van der Waals surface area contributed by atoms with Crippen LogP contribution in [0.2, 0.25) is 0 Å². The van der Waals surface area contributed by atoms with Crippen LogP contribution in [0, 0.1) is 5.41 Å². The van der Waals surface area contributed by atoms with Crippen LogP contribution in [0.25, 0.3) is 0 Å². The van der Waals surface area contributed by atoms with Crippen molar-refractivity contribution in [1.82, 2.24) is 0 Å². The van der Waals surface area contributed by atoms with Gasteiger partial charge in [0.25, 0.3) is 0 Å².